The third kappa shape index (κ3) is 6.46. The minimum absolute atomic E-state index is 0.0499. The van der Waals surface area contributed by atoms with E-state index in [0.29, 0.717) is 26.1 Å². The number of benzene rings is 1. The van der Waals surface area contributed by atoms with Gasteiger partial charge >= 0.3 is 0 Å². The fourth-order valence-corrected chi connectivity index (χ4v) is 4.89. The Hall–Kier alpha value is -2.88. The van der Waals surface area contributed by atoms with Gasteiger partial charge in [0.1, 0.15) is 0 Å². The number of nitrogens with zero attached hydrogens (tertiary/aromatic N) is 3. The Labute approximate surface area is 211 Å². The zero-order valence-electron chi connectivity index (χ0n) is 21.0. The highest BCUT2D eigenvalue weighted by Gasteiger charge is 2.33. The first-order chi connectivity index (χ1) is 17.6. The highest BCUT2D eigenvalue weighted by atomic mass is 16.7. The SMILES string of the molecule is Cn1c([C@H]2C=C(C(=O)N3CCCCCCC3)O[C@@H](OCCOCCO)C2)cc(=O)n1-c1ccccc1. The summed E-state index contributed by atoms with van der Waals surface area (Å²) in [5, 5.41) is 8.90. The van der Waals surface area contributed by atoms with E-state index in [9.17, 15) is 9.59 Å². The highest BCUT2D eigenvalue weighted by molar-refractivity contribution is 5.91. The Balaban J connectivity index is 1.59. The first kappa shape index (κ1) is 26.2. The molecule has 1 saturated heterocycles. The van der Waals surface area contributed by atoms with Crippen molar-refractivity contribution in [2.45, 2.75) is 50.7 Å². The van der Waals surface area contributed by atoms with Crippen LogP contribution in [0.25, 0.3) is 5.69 Å². The molecular formula is C27H37N3O6. The van der Waals surface area contributed by atoms with Crippen LogP contribution >= 0.6 is 0 Å². The number of para-hydroxylation sites is 1. The van der Waals surface area contributed by atoms with E-state index in [1.807, 2.05) is 53.0 Å². The molecule has 2 atom stereocenters. The fraction of sp³-hybridized carbons (Fsp3) is 0.556. The number of allylic oxidation sites excluding steroid dienone is 1. The summed E-state index contributed by atoms with van der Waals surface area (Å²) < 4.78 is 20.7. The number of carbonyl (C=O) groups is 1. The van der Waals surface area contributed by atoms with Crippen LogP contribution in [0.5, 0.6) is 0 Å². The summed E-state index contributed by atoms with van der Waals surface area (Å²) in [6.45, 7) is 2.21. The standard InChI is InChI=1S/C27H37N3O6/c1-28-23(20-25(32)30(28)22-10-6-5-7-11-22)21-18-24(27(33)29-12-8-3-2-4-9-13-29)36-26(19-21)35-17-16-34-15-14-31/h5-7,10-11,18,20-21,26,31H,2-4,8-9,12-17,19H2,1H3/t21-,26+/m0/s1. The van der Waals surface area contributed by atoms with E-state index in [1.165, 1.54) is 6.42 Å². The van der Waals surface area contributed by atoms with E-state index in [2.05, 4.69) is 0 Å². The molecule has 2 aliphatic heterocycles. The Kier molecular flexibility index (Phi) is 9.38. The van der Waals surface area contributed by atoms with Crippen molar-refractivity contribution in [2.75, 3.05) is 39.5 Å². The number of amides is 1. The van der Waals surface area contributed by atoms with Crippen LogP contribution in [0, 0.1) is 0 Å². The lowest BCUT2D eigenvalue weighted by molar-refractivity contribution is -0.157. The second-order valence-corrected chi connectivity index (χ2v) is 9.27. The zero-order chi connectivity index (χ0) is 25.3. The van der Waals surface area contributed by atoms with E-state index < -0.39 is 6.29 Å². The first-order valence-electron chi connectivity index (χ1n) is 12.9. The lowest BCUT2D eigenvalue weighted by atomic mass is 9.97. The molecule has 0 bridgehead atoms. The molecule has 1 N–H and O–H groups in total. The van der Waals surface area contributed by atoms with Crippen molar-refractivity contribution in [1.82, 2.24) is 14.3 Å². The number of carbonyl (C=O) groups excluding carboxylic acids is 1. The normalized spacial score (nSPS) is 20.8. The predicted octanol–water partition coefficient (Wildman–Crippen LogP) is 2.71. The van der Waals surface area contributed by atoms with Crippen molar-refractivity contribution in [3.8, 4) is 5.69 Å². The number of aliphatic hydroxyl groups excluding tert-OH is 1. The number of likely N-dealkylation sites (tertiary alicyclic amines) is 1. The summed E-state index contributed by atoms with van der Waals surface area (Å²) >= 11 is 0. The fourth-order valence-electron chi connectivity index (χ4n) is 4.89. The molecule has 9 heteroatoms. The van der Waals surface area contributed by atoms with Crippen LogP contribution in [-0.4, -0.2) is 71.1 Å². The molecule has 196 valence electrons. The predicted molar refractivity (Wildman–Crippen MR) is 135 cm³/mol. The van der Waals surface area contributed by atoms with Crippen molar-refractivity contribution in [3.05, 3.63) is 64.3 Å². The third-order valence-electron chi connectivity index (χ3n) is 6.71. The maximum absolute atomic E-state index is 13.5. The molecule has 4 rings (SSSR count). The molecule has 3 heterocycles. The Morgan fingerprint density at radius 2 is 1.78 bits per heavy atom. The van der Waals surface area contributed by atoms with E-state index >= 15 is 0 Å². The van der Waals surface area contributed by atoms with E-state index in [4.69, 9.17) is 19.3 Å². The molecule has 36 heavy (non-hydrogen) atoms. The molecule has 9 nitrogen and oxygen atoms in total. The van der Waals surface area contributed by atoms with Gasteiger partial charge in [0.05, 0.1) is 32.1 Å². The van der Waals surface area contributed by atoms with Gasteiger partial charge in [-0.3, -0.25) is 14.3 Å². The monoisotopic (exact) mass is 499 g/mol. The van der Waals surface area contributed by atoms with Gasteiger partial charge in [0.25, 0.3) is 11.5 Å². The summed E-state index contributed by atoms with van der Waals surface area (Å²) in [4.78, 5) is 28.3. The Morgan fingerprint density at radius 3 is 2.50 bits per heavy atom. The van der Waals surface area contributed by atoms with Gasteiger partial charge in [-0.25, -0.2) is 4.68 Å². The molecule has 1 aromatic carbocycles. The molecule has 2 aromatic rings. The van der Waals surface area contributed by atoms with E-state index in [-0.39, 0.29) is 43.0 Å². The van der Waals surface area contributed by atoms with Crippen molar-refractivity contribution < 1.29 is 24.1 Å². The Morgan fingerprint density at radius 1 is 1.06 bits per heavy atom. The van der Waals surface area contributed by atoms with Crippen LogP contribution in [0.3, 0.4) is 0 Å². The van der Waals surface area contributed by atoms with Gasteiger partial charge in [-0.15, -0.1) is 0 Å². The lowest BCUT2D eigenvalue weighted by Crippen LogP contribution is -2.38. The van der Waals surface area contributed by atoms with Crippen molar-refractivity contribution >= 4 is 5.91 Å². The van der Waals surface area contributed by atoms with Crippen molar-refractivity contribution in [1.29, 1.82) is 0 Å². The van der Waals surface area contributed by atoms with Gasteiger partial charge < -0.3 is 24.2 Å². The quantitative estimate of drug-likeness (QED) is 0.533. The zero-order valence-corrected chi connectivity index (χ0v) is 21.0. The number of hydrogen-bond donors (Lipinski definition) is 1. The van der Waals surface area contributed by atoms with Gasteiger partial charge in [0.15, 0.2) is 5.76 Å². The lowest BCUT2D eigenvalue weighted by Gasteiger charge is -2.32. The molecule has 0 radical (unpaired) electrons. The van der Waals surface area contributed by atoms with Crippen LogP contribution in [0.15, 0.2) is 53.0 Å². The number of rotatable bonds is 9. The minimum atomic E-state index is -0.651. The van der Waals surface area contributed by atoms with E-state index in [0.717, 1.165) is 37.1 Å². The smallest absolute Gasteiger partial charge is 0.288 e. The molecular weight excluding hydrogens is 462 g/mol. The average Bonchev–Trinajstić information content (AvgIpc) is 3.17. The van der Waals surface area contributed by atoms with Gasteiger partial charge in [0.2, 0.25) is 6.29 Å². The van der Waals surface area contributed by atoms with Crippen LogP contribution < -0.4 is 5.56 Å². The van der Waals surface area contributed by atoms with Crippen LogP contribution in [0.4, 0.5) is 0 Å². The molecule has 0 saturated carbocycles. The third-order valence-corrected chi connectivity index (χ3v) is 6.71. The molecule has 1 amide bonds. The molecule has 1 fully saturated rings. The highest BCUT2D eigenvalue weighted by Crippen LogP contribution is 2.32. The van der Waals surface area contributed by atoms with Crippen LogP contribution in [0.1, 0.15) is 50.1 Å². The second-order valence-electron chi connectivity index (χ2n) is 9.27. The van der Waals surface area contributed by atoms with Gasteiger partial charge in [0, 0.05) is 44.2 Å². The van der Waals surface area contributed by atoms with Gasteiger partial charge in [-0.2, -0.15) is 0 Å². The van der Waals surface area contributed by atoms with Crippen molar-refractivity contribution in [3.63, 3.8) is 0 Å². The molecule has 1 aromatic heterocycles. The second kappa shape index (κ2) is 12.9. The molecule has 0 unspecified atom stereocenters. The van der Waals surface area contributed by atoms with E-state index in [1.54, 1.807) is 10.7 Å². The number of ether oxygens (including phenoxy) is 3. The van der Waals surface area contributed by atoms with Gasteiger partial charge in [-0.1, -0.05) is 37.5 Å². The van der Waals surface area contributed by atoms with Gasteiger partial charge in [-0.05, 0) is 31.1 Å². The molecule has 0 spiro atoms. The van der Waals surface area contributed by atoms with Crippen LogP contribution in [0.2, 0.25) is 0 Å². The summed E-state index contributed by atoms with van der Waals surface area (Å²) in [5.41, 5.74) is 1.43. The average molecular weight is 500 g/mol. The summed E-state index contributed by atoms with van der Waals surface area (Å²) in [7, 11) is 1.85. The van der Waals surface area contributed by atoms with Crippen LogP contribution in [-0.2, 0) is 26.1 Å². The first-order valence-corrected chi connectivity index (χ1v) is 12.9. The number of aliphatic hydroxyl groups is 1. The Bertz CT molecular complexity index is 1070. The minimum Gasteiger partial charge on any atom is -0.459 e. The maximum Gasteiger partial charge on any atom is 0.288 e. The summed E-state index contributed by atoms with van der Waals surface area (Å²) in [6, 6.07) is 11.1. The summed E-state index contributed by atoms with van der Waals surface area (Å²) in [6.07, 6.45) is 7.09. The molecule has 0 aliphatic carbocycles. The molecule has 2 aliphatic rings. The number of hydrogen-bond acceptors (Lipinski definition) is 6. The number of aromatic nitrogens is 2. The van der Waals surface area contributed by atoms with Crippen molar-refractivity contribution in [2.24, 2.45) is 7.05 Å². The summed E-state index contributed by atoms with van der Waals surface area (Å²) in [5.74, 6) is -0.0919. The topological polar surface area (TPSA) is 95.2 Å². The largest absolute Gasteiger partial charge is 0.459 e. The maximum atomic E-state index is 13.5.